The Bertz CT molecular complexity index is 1720. The van der Waals surface area contributed by atoms with Crippen LogP contribution in [0.4, 0.5) is 0 Å². The first-order valence-electron chi connectivity index (χ1n) is 11.3. The van der Waals surface area contributed by atoms with Crippen LogP contribution >= 0.6 is 0 Å². The maximum absolute atomic E-state index is 6.38. The summed E-state index contributed by atoms with van der Waals surface area (Å²) in [5, 5.41) is 7.66. The van der Waals surface area contributed by atoms with Crippen molar-refractivity contribution in [2.75, 3.05) is 0 Å². The zero-order chi connectivity index (χ0) is 21.8. The van der Waals surface area contributed by atoms with Gasteiger partial charge in [-0.1, -0.05) is 109 Å². The summed E-state index contributed by atoms with van der Waals surface area (Å²) in [7, 11) is 0. The van der Waals surface area contributed by atoms with Crippen molar-refractivity contribution in [2.45, 2.75) is 0 Å². The second kappa shape index (κ2) is 7.08. The molecule has 0 fully saturated rings. The third-order valence-electron chi connectivity index (χ3n) is 6.71. The van der Waals surface area contributed by atoms with Crippen LogP contribution in [0.25, 0.3) is 65.9 Å². The summed E-state index contributed by atoms with van der Waals surface area (Å²) in [5.41, 5.74) is 5.69. The maximum Gasteiger partial charge on any atom is 0.142 e. The highest BCUT2D eigenvalue weighted by Crippen LogP contribution is 2.45. The molecule has 0 bridgehead atoms. The summed E-state index contributed by atoms with van der Waals surface area (Å²) < 4.78 is 6.38. The van der Waals surface area contributed by atoms with E-state index in [1.54, 1.807) is 0 Å². The van der Waals surface area contributed by atoms with Crippen LogP contribution in [0.3, 0.4) is 0 Å². The lowest BCUT2D eigenvalue weighted by molar-refractivity contribution is 0.584. The lowest BCUT2D eigenvalue weighted by Gasteiger charge is -2.14. The largest absolute Gasteiger partial charge is 0.463 e. The molecule has 154 valence electrons. The molecule has 0 aliphatic rings. The molecule has 7 aromatic rings. The minimum atomic E-state index is 0.915. The monoisotopic (exact) mass is 420 g/mol. The molecule has 0 aliphatic heterocycles. The first kappa shape index (κ1) is 18.2. The number of benzene rings is 6. The number of rotatable bonds is 3. The second-order valence-electron chi connectivity index (χ2n) is 8.55. The lowest BCUT2D eigenvalue weighted by Crippen LogP contribution is -1.88. The van der Waals surface area contributed by atoms with E-state index in [-0.39, 0.29) is 0 Å². The van der Waals surface area contributed by atoms with Crippen molar-refractivity contribution in [3.8, 4) is 33.6 Å². The molecule has 0 radical (unpaired) electrons. The quantitative estimate of drug-likeness (QED) is 0.260. The normalized spacial score (nSPS) is 11.6. The third kappa shape index (κ3) is 2.73. The van der Waals surface area contributed by atoms with E-state index in [2.05, 4.69) is 109 Å². The molecule has 1 nitrogen and oxygen atoms in total. The first-order chi connectivity index (χ1) is 16.4. The zero-order valence-electron chi connectivity index (χ0n) is 18.0. The number of hydrogen-bond acceptors (Lipinski definition) is 1. The van der Waals surface area contributed by atoms with Gasteiger partial charge in [-0.3, -0.25) is 0 Å². The van der Waals surface area contributed by atoms with Gasteiger partial charge >= 0.3 is 0 Å². The highest BCUT2D eigenvalue weighted by atomic mass is 16.3. The molecule has 0 saturated carbocycles. The molecule has 7 rings (SSSR count). The van der Waals surface area contributed by atoms with E-state index in [0.29, 0.717) is 0 Å². The van der Waals surface area contributed by atoms with Crippen molar-refractivity contribution < 1.29 is 4.42 Å². The molecule has 1 heteroatoms. The van der Waals surface area contributed by atoms with Gasteiger partial charge in [0.05, 0.1) is 6.26 Å². The summed E-state index contributed by atoms with van der Waals surface area (Å²) in [6.07, 6.45) is 1.91. The summed E-state index contributed by atoms with van der Waals surface area (Å²) >= 11 is 0. The van der Waals surface area contributed by atoms with Gasteiger partial charge in [0.25, 0.3) is 0 Å². The third-order valence-corrected chi connectivity index (χ3v) is 6.71. The Morgan fingerprint density at radius 1 is 0.424 bits per heavy atom. The van der Waals surface area contributed by atoms with Crippen LogP contribution in [0.2, 0.25) is 0 Å². The molecule has 0 atom stereocenters. The highest BCUT2D eigenvalue weighted by molar-refractivity contribution is 6.25. The predicted molar refractivity (Wildman–Crippen MR) is 139 cm³/mol. The van der Waals surface area contributed by atoms with Crippen LogP contribution in [0, 0.1) is 0 Å². The second-order valence-corrected chi connectivity index (χ2v) is 8.55. The Labute approximate surface area is 191 Å². The van der Waals surface area contributed by atoms with E-state index < -0.39 is 0 Å². The van der Waals surface area contributed by atoms with Crippen LogP contribution in [0.5, 0.6) is 0 Å². The van der Waals surface area contributed by atoms with Crippen molar-refractivity contribution in [1.29, 1.82) is 0 Å². The van der Waals surface area contributed by atoms with Gasteiger partial charge in [-0.15, -0.1) is 0 Å². The van der Waals surface area contributed by atoms with Gasteiger partial charge in [-0.05, 0) is 49.5 Å². The van der Waals surface area contributed by atoms with Gasteiger partial charge < -0.3 is 4.42 Å². The van der Waals surface area contributed by atoms with Gasteiger partial charge in [-0.25, -0.2) is 0 Å². The maximum atomic E-state index is 6.38. The molecule has 1 aromatic heterocycles. The predicted octanol–water partition coefficient (Wildman–Crippen LogP) is 9.18. The van der Waals surface area contributed by atoms with Gasteiger partial charge in [0, 0.05) is 16.7 Å². The fourth-order valence-electron chi connectivity index (χ4n) is 5.21. The minimum Gasteiger partial charge on any atom is -0.463 e. The van der Waals surface area contributed by atoms with Crippen LogP contribution in [0.1, 0.15) is 0 Å². The molecule has 0 amide bonds. The molecule has 0 spiro atoms. The van der Waals surface area contributed by atoms with Crippen LogP contribution < -0.4 is 0 Å². The Kier molecular flexibility index (Phi) is 3.91. The van der Waals surface area contributed by atoms with E-state index in [1.807, 2.05) is 12.3 Å². The molecule has 0 saturated heterocycles. The van der Waals surface area contributed by atoms with Crippen LogP contribution in [0.15, 0.2) is 126 Å². The van der Waals surface area contributed by atoms with Crippen molar-refractivity contribution in [3.05, 3.63) is 122 Å². The van der Waals surface area contributed by atoms with Gasteiger partial charge in [0.15, 0.2) is 0 Å². The molecule has 0 aliphatic carbocycles. The van der Waals surface area contributed by atoms with Crippen molar-refractivity contribution in [2.24, 2.45) is 0 Å². The standard InChI is InChI=1S/C32H20O/c1-3-8-21(9-4-1)28-20-33-32(31(28)22-10-5-2-6-11-22)27-19-17-25-15-14-23-12-7-13-24-16-18-26(27)30(25)29(23)24/h1-20H. The van der Waals surface area contributed by atoms with E-state index in [9.17, 15) is 0 Å². The van der Waals surface area contributed by atoms with Crippen molar-refractivity contribution in [3.63, 3.8) is 0 Å². The van der Waals surface area contributed by atoms with Crippen molar-refractivity contribution >= 4 is 32.3 Å². The van der Waals surface area contributed by atoms with E-state index in [4.69, 9.17) is 4.42 Å². The summed E-state index contributed by atoms with van der Waals surface area (Å²) in [6.45, 7) is 0. The first-order valence-corrected chi connectivity index (χ1v) is 11.3. The Hall–Kier alpha value is -4.36. The average molecular weight is 421 g/mol. The van der Waals surface area contributed by atoms with E-state index >= 15 is 0 Å². The average Bonchev–Trinajstić information content (AvgIpc) is 3.33. The Balaban J connectivity index is 1.58. The smallest absolute Gasteiger partial charge is 0.142 e. The molecular weight excluding hydrogens is 400 g/mol. The summed E-state index contributed by atoms with van der Waals surface area (Å²) in [5.74, 6) is 0.915. The minimum absolute atomic E-state index is 0.915. The van der Waals surface area contributed by atoms with Crippen LogP contribution in [-0.2, 0) is 0 Å². The Morgan fingerprint density at radius 3 is 1.76 bits per heavy atom. The summed E-state index contributed by atoms with van der Waals surface area (Å²) in [4.78, 5) is 0. The van der Waals surface area contributed by atoms with Gasteiger partial charge in [0.1, 0.15) is 5.76 Å². The topological polar surface area (TPSA) is 13.1 Å². The number of furan rings is 1. The molecule has 33 heavy (non-hydrogen) atoms. The Morgan fingerprint density at radius 2 is 1.03 bits per heavy atom. The number of hydrogen-bond donors (Lipinski definition) is 0. The lowest BCUT2D eigenvalue weighted by atomic mass is 9.89. The molecular formula is C32H20O. The van der Waals surface area contributed by atoms with Crippen molar-refractivity contribution in [1.82, 2.24) is 0 Å². The molecule has 1 heterocycles. The SMILES string of the molecule is c1ccc(-c2coc(-c3ccc4ccc5cccc6ccc3c4c56)c2-c2ccccc2)cc1. The fraction of sp³-hybridized carbons (Fsp3) is 0. The molecule has 0 N–H and O–H groups in total. The molecule has 0 unspecified atom stereocenters. The van der Waals surface area contributed by atoms with E-state index in [0.717, 1.165) is 33.6 Å². The van der Waals surface area contributed by atoms with Gasteiger partial charge in [-0.2, -0.15) is 0 Å². The zero-order valence-corrected chi connectivity index (χ0v) is 18.0. The fourth-order valence-corrected chi connectivity index (χ4v) is 5.21. The van der Waals surface area contributed by atoms with Crippen LogP contribution in [-0.4, -0.2) is 0 Å². The highest BCUT2D eigenvalue weighted by Gasteiger charge is 2.21. The van der Waals surface area contributed by atoms with Gasteiger partial charge in [0.2, 0.25) is 0 Å². The summed E-state index contributed by atoms with van der Waals surface area (Å²) in [6, 6.07) is 40.9. The molecule has 6 aromatic carbocycles. The van der Waals surface area contributed by atoms with E-state index in [1.165, 1.54) is 32.3 Å².